The third-order valence-corrected chi connectivity index (χ3v) is 6.02. The number of carbonyl (C=O) groups excluding carboxylic acids is 1. The van der Waals surface area contributed by atoms with Gasteiger partial charge in [0, 0.05) is 20.8 Å². The molecule has 27 heavy (non-hydrogen) atoms. The Bertz CT molecular complexity index is 1120. The van der Waals surface area contributed by atoms with E-state index in [9.17, 15) is 4.79 Å². The Morgan fingerprint density at radius 1 is 1.15 bits per heavy atom. The lowest BCUT2D eigenvalue weighted by molar-refractivity contribution is 0.103. The lowest BCUT2D eigenvalue weighted by atomic mass is 10.2. The minimum atomic E-state index is -0.294. The number of benzene rings is 2. The molecule has 0 aliphatic rings. The number of nitrogens with zero attached hydrogens (tertiary/aromatic N) is 3. The first-order chi connectivity index (χ1) is 13.0. The van der Waals surface area contributed by atoms with Crippen molar-refractivity contribution < 1.29 is 4.79 Å². The normalized spacial score (nSPS) is 11.1. The van der Waals surface area contributed by atoms with Crippen LogP contribution in [0.2, 0.25) is 15.1 Å². The fourth-order valence-electron chi connectivity index (χ4n) is 2.64. The largest absolute Gasteiger partial charge is 0.321 e. The first kappa shape index (κ1) is 18.3. The molecule has 0 aliphatic carbocycles. The van der Waals surface area contributed by atoms with Crippen molar-refractivity contribution >= 4 is 67.8 Å². The Labute approximate surface area is 173 Å². The highest BCUT2D eigenvalue weighted by Crippen LogP contribution is 2.41. The van der Waals surface area contributed by atoms with Crippen LogP contribution in [0.1, 0.15) is 15.2 Å². The average Bonchev–Trinajstić information content (AvgIpc) is 3.24. The van der Waals surface area contributed by atoms with Crippen LogP contribution in [0.3, 0.4) is 0 Å². The number of nitrogens with one attached hydrogen (secondary N) is 1. The number of aromatic nitrogens is 3. The van der Waals surface area contributed by atoms with Crippen molar-refractivity contribution in [3.05, 3.63) is 74.6 Å². The van der Waals surface area contributed by atoms with Crippen molar-refractivity contribution in [3.8, 4) is 0 Å². The van der Waals surface area contributed by atoms with E-state index in [1.807, 2.05) is 24.3 Å². The summed E-state index contributed by atoms with van der Waals surface area (Å²) in [4.78, 5) is 17.0. The Hall–Kier alpha value is -2.12. The highest BCUT2D eigenvalue weighted by atomic mass is 35.5. The first-order valence-electron chi connectivity index (χ1n) is 7.81. The van der Waals surface area contributed by atoms with Gasteiger partial charge in [-0.25, -0.2) is 9.67 Å². The van der Waals surface area contributed by atoms with Gasteiger partial charge in [0.25, 0.3) is 5.91 Å². The molecule has 0 atom stereocenters. The number of anilines is 1. The minimum Gasteiger partial charge on any atom is -0.321 e. The number of hydrogen-bond donors (Lipinski definition) is 1. The van der Waals surface area contributed by atoms with E-state index in [0.717, 1.165) is 10.3 Å². The Morgan fingerprint density at radius 2 is 1.93 bits per heavy atom. The zero-order valence-electron chi connectivity index (χ0n) is 13.6. The lowest BCUT2D eigenvalue weighted by Crippen LogP contribution is -2.10. The number of fused-ring (bicyclic) bond motifs is 1. The van der Waals surface area contributed by atoms with Crippen LogP contribution in [-0.4, -0.2) is 20.7 Å². The summed E-state index contributed by atoms with van der Waals surface area (Å²) in [6, 6.07) is 10.8. The number of hydrogen-bond acceptors (Lipinski definition) is 4. The molecule has 0 bridgehead atoms. The molecule has 4 rings (SSSR count). The molecule has 0 saturated heterocycles. The third-order valence-electron chi connectivity index (χ3n) is 3.88. The molecule has 2 heterocycles. The van der Waals surface area contributed by atoms with Crippen molar-refractivity contribution in [2.45, 2.75) is 6.54 Å². The summed E-state index contributed by atoms with van der Waals surface area (Å²) in [7, 11) is 0. The molecule has 4 aromatic rings. The van der Waals surface area contributed by atoms with E-state index in [2.05, 4.69) is 15.4 Å². The van der Waals surface area contributed by atoms with Gasteiger partial charge in [-0.2, -0.15) is 5.10 Å². The van der Waals surface area contributed by atoms with Crippen molar-refractivity contribution in [2.75, 3.05) is 5.32 Å². The SMILES string of the molecule is O=C(Nc1ccc(Cn2cncn2)cc1)c1sc2cc(Cl)cc(Cl)c2c1Cl. The lowest BCUT2D eigenvalue weighted by Gasteiger charge is -2.06. The van der Waals surface area contributed by atoms with Crippen LogP contribution in [0.4, 0.5) is 5.69 Å². The zero-order chi connectivity index (χ0) is 19.0. The minimum absolute atomic E-state index is 0.294. The molecule has 0 radical (unpaired) electrons. The van der Waals surface area contributed by atoms with Gasteiger partial charge in [-0.05, 0) is 29.8 Å². The molecule has 9 heteroatoms. The number of rotatable bonds is 4. The van der Waals surface area contributed by atoms with Gasteiger partial charge in [-0.1, -0.05) is 46.9 Å². The predicted molar refractivity (Wildman–Crippen MR) is 110 cm³/mol. The van der Waals surface area contributed by atoms with E-state index >= 15 is 0 Å². The maximum absolute atomic E-state index is 12.7. The predicted octanol–water partition coefficient (Wildman–Crippen LogP) is 5.75. The molecule has 136 valence electrons. The highest BCUT2D eigenvalue weighted by Gasteiger charge is 2.19. The van der Waals surface area contributed by atoms with Crippen LogP contribution in [-0.2, 0) is 6.54 Å². The van der Waals surface area contributed by atoms with Crippen LogP contribution < -0.4 is 5.32 Å². The van der Waals surface area contributed by atoms with Gasteiger partial charge in [0.2, 0.25) is 0 Å². The maximum atomic E-state index is 12.7. The van der Waals surface area contributed by atoms with Crippen LogP contribution in [0.5, 0.6) is 0 Å². The molecule has 1 amide bonds. The van der Waals surface area contributed by atoms with E-state index in [4.69, 9.17) is 34.8 Å². The summed E-state index contributed by atoms with van der Waals surface area (Å²) in [5.41, 5.74) is 1.71. The second kappa shape index (κ2) is 7.48. The van der Waals surface area contributed by atoms with Gasteiger partial charge < -0.3 is 5.32 Å². The maximum Gasteiger partial charge on any atom is 0.267 e. The first-order valence-corrected chi connectivity index (χ1v) is 9.76. The summed E-state index contributed by atoms with van der Waals surface area (Å²) in [5, 5.41) is 8.82. The summed E-state index contributed by atoms with van der Waals surface area (Å²) < 4.78 is 2.49. The molecule has 0 saturated carbocycles. The monoisotopic (exact) mass is 436 g/mol. The zero-order valence-corrected chi connectivity index (χ0v) is 16.7. The van der Waals surface area contributed by atoms with Crippen LogP contribution in [0.15, 0.2) is 49.1 Å². The number of amides is 1. The Kier molecular flexibility index (Phi) is 5.06. The second-order valence-corrected chi connectivity index (χ2v) is 8.02. The van der Waals surface area contributed by atoms with E-state index < -0.39 is 0 Å². The number of carbonyl (C=O) groups is 1. The molecule has 0 aliphatic heterocycles. The molecule has 0 spiro atoms. The van der Waals surface area contributed by atoms with Gasteiger partial charge in [0.1, 0.15) is 17.5 Å². The molecular weight excluding hydrogens is 427 g/mol. The van der Waals surface area contributed by atoms with Crippen LogP contribution >= 0.6 is 46.1 Å². The Morgan fingerprint density at radius 3 is 2.63 bits per heavy atom. The quantitative estimate of drug-likeness (QED) is 0.442. The van der Waals surface area contributed by atoms with Crippen LogP contribution in [0, 0.1) is 0 Å². The summed E-state index contributed by atoms with van der Waals surface area (Å²) in [6.07, 6.45) is 3.14. The fourth-order valence-corrected chi connectivity index (χ4v) is 4.91. The van der Waals surface area contributed by atoms with Gasteiger partial charge >= 0.3 is 0 Å². The molecule has 0 fully saturated rings. The standard InChI is InChI=1S/C18H11Cl3N4OS/c19-11-5-13(20)15-14(6-11)27-17(16(15)21)18(26)24-12-3-1-10(2-4-12)7-25-9-22-8-23-25/h1-6,8-9H,7H2,(H,24,26). The van der Waals surface area contributed by atoms with Crippen molar-refractivity contribution in [2.24, 2.45) is 0 Å². The van der Waals surface area contributed by atoms with E-state index in [-0.39, 0.29) is 5.91 Å². The van der Waals surface area contributed by atoms with Crippen molar-refractivity contribution in [1.82, 2.24) is 14.8 Å². The Balaban J connectivity index is 1.54. The van der Waals surface area contributed by atoms with E-state index in [1.165, 1.54) is 17.7 Å². The molecule has 2 aromatic heterocycles. The summed E-state index contributed by atoms with van der Waals surface area (Å²) in [6.45, 7) is 0.607. The third kappa shape index (κ3) is 3.80. The van der Waals surface area contributed by atoms with Gasteiger partial charge in [-0.3, -0.25) is 4.79 Å². The number of thiophene rings is 1. The fraction of sp³-hybridized carbons (Fsp3) is 0.0556. The average molecular weight is 438 g/mol. The number of halogens is 3. The summed E-state index contributed by atoms with van der Waals surface area (Å²) in [5.74, 6) is -0.294. The smallest absolute Gasteiger partial charge is 0.267 e. The van der Waals surface area contributed by atoms with Crippen molar-refractivity contribution in [3.63, 3.8) is 0 Å². The van der Waals surface area contributed by atoms with Gasteiger partial charge in [-0.15, -0.1) is 11.3 Å². The molecular formula is C18H11Cl3N4OS. The van der Waals surface area contributed by atoms with Gasteiger partial charge in [0.15, 0.2) is 0 Å². The van der Waals surface area contributed by atoms with Gasteiger partial charge in [0.05, 0.1) is 16.6 Å². The van der Waals surface area contributed by atoms with Crippen LogP contribution in [0.25, 0.3) is 10.1 Å². The molecule has 5 nitrogen and oxygen atoms in total. The molecule has 0 unspecified atom stereocenters. The van der Waals surface area contributed by atoms with E-state index in [1.54, 1.807) is 23.1 Å². The van der Waals surface area contributed by atoms with E-state index in [0.29, 0.717) is 37.6 Å². The topological polar surface area (TPSA) is 59.8 Å². The molecule has 2 aromatic carbocycles. The summed E-state index contributed by atoms with van der Waals surface area (Å²) >= 11 is 19.9. The second-order valence-electron chi connectivity index (χ2n) is 5.75. The van der Waals surface area contributed by atoms with Crippen molar-refractivity contribution in [1.29, 1.82) is 0 Å². The molecule has 1 N–H and O–H groups in total. The highest BCUT2D eigenvalue weighted by molar-refractivity contribution is 7.21.